The van der Waals surface area contributed by atoms with Crippen LogP contribution in [0.25, 0.3) is 10.9 Å². The maximum Gasteiger partial charge on any atom is 0.0704 e. The smallest absolute Gasteiger partial charge is 0.0704 e. The Kier molecular flexibility index (Phi) is 2.49. The molecule has 0 unspecified atom stereocenters. The molecule has 0 aliphatic rings. The number of pyridine rings is 1. The molecule has 0 amide bonds. The first-order valence-corrected chi connectivity index (χ1v) is 5.15. The van der Waals surface area contributed by atoms with Crippen molar-refractivity contribution in [3.8, 4) is 0 Å². The van der Waals surface area contributed by atoms with Gasteiger partial charge in [-0.3, -0.25) is 4.98 Å². The number of benzene rings is 1. The van der Waals surface area contributed by atoms with Gasteiger partial charge in [-0.25, -0.2) is 0 Å². The van der Waals surface area contributed by atoms with Crippen LogP contribution in [-0.2, 0) is 6.42 Å². The first kappa shape index (κ1) is 9.20. The number of aryl methyl sites for hydroxylation is 2. The highest BCUT2D eigenvalue weighted by atomic mass is 14.6. The number of hydrogen-bond donors (Lipinski definition) is 0. The highest BCUT2D eigenvalue weighted by Gasteiger charge is 2.00. The summed E-state index contributed by atoms with van der Waals surface area (Å²) in [5, 5.41) is 1.24. The van der Waals surface area contributed by atoms with Gasteiger partial charge in [-0.15, -0.1) is 0 Å². The molecule has 0 saturated carbocycles. The first-order valence-electron chi connectivity index (χ1n) is 5.15. The highest BCUT2D eigenvalue weighted by molar-refractivity contribution is 5.80. The predicted octanol–water partition coefficient (Wildman–Crippen LogP) is 3.50. The lowest BCUT2D eigenvalue weighted by Crippen LogP contribution is -1.90. The Bertz CT molecular complexity index is 446. The van der Waals surface area contributed by atoms with E-state index in [4.69, 9.17) is 0 Å². The zero-order chi connectivity index (χ0) is 9.97. The molecule has 0 spiro atoms. The number of rotatable bonds is 2. The van der Waals surface area contributed by atoms with Gasteiger partial charge in [0.15, 0.2) is 0 Å². The van der Waals surface area contributed by atoms with Gasteiger partial charge in [0, 0.05) is 11.6 Å². The Morgan fingerprint density at radius 1 is 1.29 bits per heavy atom. The van der Waals surface area contributed by atoms with E-state index < -0.39 is 0 Å². The second-order valence-electron chi connectivity index (χ2n) is 3.72. The Hall–Kier alpha value is -1.37. The van der Waals surface area contributed by atoms with E-state index in [1.807, 2.05) is 12.3 Å². The molecule has 2 rings (SSSR count). The summed E-state index contributed by atoms with van der Waals surface area (Å²) in [6.07, 6.45) is 4.20. The normalized spacial score (nSPS) is 10.7. The third-order valence-electron chi connectivity index (χ3n) is 2.58. The van der Waals surface area contributed by atoms with E-state index >= 15 is 0 Å². The minimum atomic E-state index is 1.11. The molecule has 2 aromatic rings. The van der Waals surface area contributed by atoms with E-state index in [-0.39, 0.29) is 0 Å². The number of nitrogens with zero attached hydrogens (tertiary/aromatic N) is 1. The zero-order valence-corrected chi connectivity index (χ0v) is 8.75. The minimum Gasteiger partial charge on any atom is -0.256 e. The molecule has 0 saturated heterocycles. The lowest BCUT2D eigenvalue weighted by atomic mass is 10.0. The quantitative estimate of drug-likeness (QED) is 0.697. The molecule has 0 radical (unpaired) electrons. The van der Waals surface area contributed by atoms with E-state index in [0.29, 0.717) is 0 Å². The Morgan fingerprint density at radius 2 is 2.14 bits per heavy atom. The summed E-state index contributed by atoms with van der Waals surface area (Å²) < 4.78 is 0. The molecule has 0 aliphatic heterocycles. The van der Waals surface area contributed by atoms with Crippen LogP contribution in [0.4, 0.5) is 0 Å². The van der Waals surface area contributed by atoms with Crippen molar-refractivity contribution in [2.75, 3.05) is 0 Å². The molecule has 72 valence electrons. The highest BCUT2D eigenvalue weighted by Crippen LogP contribution is 2.18. The SMILES string of the molecule is CCCc1cc2ncccc2cc1C. The van der Waals surface area contributed by atoms with E-state index in [9.17, 15) is 0 Å². The van der Waals surface area contributed by atoms with Crippen LogP contribution in [0.2, 0.25) is 0 Å². The van der Waals surface area contributed by atoms with Crippen molar-refractivity contribution < 1.29 is 0 Å². The maximum absolute atomic E-state index is 4.37. The zero-order valence-electron chi connectivity index (χ0n) is 8.75. The molecule has 1 aromatic carbocycles. The first-order chi connectivity index (χ1) is 6.81. The maximum atomic E-state index is 4.37. The summed E-state index contributed by atoms with van der Waals surface area (Å²) in [4.78, 5) is 4.37. The van der Waals surface area contributed by atoms with Gasteiger partial charge < -0.3 is 0 Å². The lowest BCUT2D eigenvalue weighted by Gasteiger charge is -2.05. The van der Waals surface area contributed by atoms with E-state index in [1.165, 1.54) is 22.9 Å². The van der Waals surface area contributed by atoms with Crippen LogP contribution in [0.3, 0.4) is 0 Å². The second-order valence-corrected chi connectivity index (χ2v) is 3.72. The van der Waals surface area contributed by atoms with E-state index in [1.54, 1.807) is 0 Å². The fourth-order valence-electron chi connectivity index (χ4n) is 1.82. The molecule has 1 heterocycles. The number of aromatic nitrogens is 1. The van der Waals surface area contributed by atoms with Crippen LogP contribution < -0.4 is 0 Å². The average Bonchev–Trinajstić information content (AvgIpc) is 2.19. The molecule has 1 nitrogen and oxygen atoms in total. The molecular weight excluding hydrogens is 170 g/mol. The molecule has 0 aliphatic carbocycles. The Morgan fingerprint density at radius 3 is 2.93 bits per heavy atom. The Labute approximate surface area is 84.8 Å². The van der Waals surface area contributed by atoms with Crippen LogP contribution >= 0.6 is 0 Å². The molecular formula is C13H15N. The second kappa shape index (κ2) is 3.79. The van der Waals surface area contributed by atoms with Gasteiger partial charge in [-0.1, -0.05) is 19.4 Å². The van der Waals surface area contributed by atoms with Gasteiger partial charge >= 0.3 is 0 Å². The summed E-state index contributed by atoms with van der Waals surface area (Å²) >= 11 is 0. The van der Waals surface area contributed by atoms with E-state index in [0.717, 1.165) is 11.9 Å². The fraction of sp³-hybridized carbons (Fsp3) is 0.308. The summed E-state index contributed by atoms with van der Waals surface area (Å²) in [5.74, 6) is 0. The van der Waals surface area contributed by atoms with Crippen LogP contribution in [0.15, 0.2) is 30.5 Å². The molecule has 0 bridgehead atoms. The van der Waals surface area contributed by atoms with E-state index in [2.05, 4.69) is 37.0 Å². The summed E-state index contributed by atoms with van der Waals surface area (Å²) in [6.45, 7) is 4.39. The van der Waals surface area contributed by atoms with Crippen LogP contribution in [0.1, 0.15) is 24.5 Å². The molecule has 1 heteroatoms. The summed E-state index contributed by atoms with van der Waals surface area (Å²) in [5.41, 5.74) is 3.92. The van der Waals surface area contributed by atoms with Crippen LogP contribution in [0.5, 0.6) is 0 Å². The van der Waals surface area contributed by atoms with Gasteiger partial charge in [0.2, 0.25) is 0 Å². The van der Waals surface area contributed by atoms with Crippen LogP contribution in [0, 0.1) is 6.92 Å². The number of fused-ring (bicyclic) bond motifs is 1. The van der Waals surface area contributed by atoms with Crippen molar-refractivity contribution in [3.63, 3.8) is 0 Å². The topological polar surface area (TPSA) is 12.9 Å². The van der Waals surface area contributed by atoms with Gasteiger partial charge in [-0.2, -0.15) is 0 Å². The molecule has 0 N–H and O–H groups in total. The molecule has 14 heavy (non-hydrogen) atoms. The third kappa shape index (κ3) is 1.63. The van der Waals surface area contributed by atoms with Gasteiger partial charge in [0.1, 0.15) is 0 Å². The van der Waals surface area contributed by atoms with Crippen molar-refractivity contribution in [1.29, 1.82) is 0 Å². The number of hydrogen-bond acceptors (Lipinski definition) is 1. The predicted molar refractivity (Wildman–Crippen MR) is 60.5 cm³/mol. The lowest BCUT2D eigenvalue weighted by molar-refractivity contribution is 0.914. The molecule has 1 aromatic heterocycles. The van der Waals surface area contributed by atoms with Gasteiger partial charge in [-0.05, 0) is 42.7 Å². The summed E-state index contributed by atoms with van der Waals surface area (Å²) in [6, 6.07) is 8.55. The monoisotopic (exact) mass is 185 g/mol. The minimum absolute atomic E-state index is 1.11. The van der Waals surface area contributed by atoms with Crippen molar-refractivity contribution in [1.82, 2.24) is 4.98 Å². The van der Waals surface area contributed by atoms with Gasteiger partial charge in [0.05, 0.1) is 5.52 Å². The van der Waals surface area contributed by atoms with Crippen molar-refractivity contribution in [2.24, 2.45) is 0 Å². The van der Waals surface area contributed by atoms with Crippen molar-refractivity contribution in [2.45, 2.75) is 26.7 Å². The van der Waals surface area contributed by atoms with Crippen LogP contribution in [-0.4, -0.2) is 4.98 Å². The molecule has 0 atom stereocenters. The standard InChI is InChI=1S/C13H15N/c1-3-5-11-9-13-12(8-10(11)2)6-4-7-14-13/h4,6-9H,3,5H2,1-2H3. The third-order valence-corrected chi connectivity index (χ3v) is 2.58. The van der Waals surface area contributed by atoms with Crippen molar-refractivity contribution in [3.05, 3.63) is 41.6 Å². The molecule has 0 fully saturated rings. The summed E-state index contributed by atoms with van der Waals surface area (Å²) in [7, 11) is 0. The van der Waals surface area contributed by atoms with Crippen molar-refractivity contribution >= 4 is 10.9 Å². The fourth-order valence-corrected chi connectivity index (χ4v) is 1.82. The average molecular weight is 185 g/mol. The largest absolute Gasteiger partial charge is 0.256 e. The van der Waals surface area contributed by atoms with Gasteiger partial charge in [0.25, 0.3) is 0 Å². The Balaban J connectivity index is 2.59.